The minimum atomic E-state index is -0.271. The van der Waals surface area contributed by atoms with Crippen molar-refractivity contribution in [3.8, 4) is 0 Å². The third-order valence-electron chi connectivity index (χ3n) is 4.91. The van der Waals surface area contributed by atoms with E-state index < -0.39 is 0 Å². The van der Waals surface area contributed by atoms with E-state index in [1.807, 2.05) is 43.3 Å². The molecule has 1 fully saturated rings. The van der Waals surface area contributed by atoms with Crippen LogP contribution in [-0.2, 0) is 16.1 Å². The van der Waals surface area contributed by atoms with E-state index in [1.165, 1.54) is 4.90 Å². The fourth-order valence-corrected chi connectivity index (χ4v) is 3.50. The molecule has 0 unspecified atom stereocenters. The first-order chi connectivity index (χ1) is 13.0. The van der Waals surface area contributed by atoms with Gasteiger partial charge >= 0.3 is 0 Å². The number of rotatable bonds is 4. The Kier molecular flexibility index (Phi) is 4.31. The summed E-state index contributed by atoms with van der Waals surface area (Å²) in [6, 6.07) is 7.73. The highest BCUT2D eigenvalue weighted by molar-refractivity contribution is 6.05. The lowest BCUT2D eigenvalue weighted by molar-refractivity contribution is -0.140. The number of aryl methyl sites for hydroxylation is 1. The summed E-state index contributed by atoms with van der Waals surface area (Å²) < 4.78 is 0. The molecule has 0 radical (unpaired) electrons. The van der Waals surface area contributed by atoms with Gasteiger partial charge in [0, 0.05) is 5.69 Å². The van der Waals surface area contributed by atoms with E-state index in [0.29, 0.717) is 12.8 Å². The van der Waals surface area contributed by atoms with Crippen LogP contribution < -0.4 is 11.1 Å². The maximum Gasteiger partial charge on any atom is 0.233 e. The number of hydrogen-bond donors (Lipinski definition) is 2. The van der Waals surface area contributed by atoms with Crippen molar-refractivity contribution in [3.63, 3.8) is 0 Å². The average Bonchev–Trinajstić information content (AvgIpc) is 2.89. The summed E-state index contributed by atoms with van der Waals surface area (Å²) in [7, 11) is 0. The highest BCUT2D eigenvalue weighted by Gasteiger charge is 2.47. The summed E-state index contributed by atoms with van der Waals surface area (Å²) in [6.07, 6.45) is 5.12. The highest BCUT2D eigenvalue weighted by Crippen LogP contribution is 2.35. The van der Waals surface area contributed by atoms with Crippen LogP contribution in [0.5, 0.6) is 0 Å². The lowest BCUT2D eigenvalue weighted by Crippen LogP contribution is -2.31. The molecule has 0 spiro atoms. The zero-order valence-corrected chi connectivity index (χ0v) is 14.9. The third kappa shape index (κ3) is 3.38. The van der Waals surface area contributed by atoms with Gasteiger partial charge in [-0.25, -0.2) is 0 Å². The van der Waals surface area contributed by atoms with Crippen LogP contribution in [0, 0.1) is 18.8 Å². The fourth-order valence-electron chi connectivity index (χ4n) is 3.50. The van der Waals surface area contributed by atoms with Crippen LogP contribution in [0.4, 0.5) is 17.6 Å². The Hall–Kier alpha value is -3.29. The predicted octanol–water partition coefficient (Wildman–Crippen LogP) is 1.96. The van der Waals surface area contributed by atoms with Crippen molar-refractivity contribution in [3.05, 3.63) is 47.8 Å². The number of carbonyl (C=O) groups excluding carboxylic acids is 2. The van der Waals surface area contributed by atoms with Gasteiger partial charge in [0.05, 0.1) is 18.4 Å². The van der Waals surface area contributed by atoms with Crippen LogP contribution in [0.2, 0.25) is 0 Å². The number of amides is 2. The number of likely N-dealkylation sites (tertiary alicyclic amines) is 1. The van der Waals surface area contributed by atoms with Crippen LogP contribution in [0.15, 0.2) is 36.4 Å². The molecule has 4 rings (SSSR count). The molecule has 1 aliphatic carbocycles. The van der Waals surface area contributed by atoms with E-state index in [4.69, 9.17) is 5.73 Å². The zero-order valence-electron chi connectivity index (χ0n) is 14.9. The molecule has 0 bridgehead atoms. The fraction of sp³-hybridized carbons (Fsp3) is 0.316. The third-order valence-corrected chi connectivity index (χ3v) is 4.91. The first kappa shape index (κ1) is 17.1. The van der Waals surface area contributed by atoms with Gasteiger partial charge in [0.15, 0.2) is 5.82 Å². The molecule has 1 saturated heterocycles. The molecule has 2 atom stereocenters. The van der Waals surface area contributed by atoms with Crippen LogP contribution >= 0.6 is 0 Å². The number of allylic oxidation sites excluding steroid dienone is 2. The SMILES string of the molecule is Cc1ccc(Nc2nc(N)nc(CN3C(=O)[C@@H]4CC=CC[C@H]4C3=O)n2)cc1. The summed E-state index contributed by atoms with van der Waals surface area (Å²) in [4.78, 5) is 38.9. The number of nitrogens with two attached hydrogens (primary N) is 1. The number of imide groups is 1. The molecular formula is C19H20N6O2. The van der Waals surface area contributed by atoms with Gasteiger partial charge in [0.1, 0.15) is 0 Å². The minimum Gasteiger partial charge on any atom is -0.368 e. The number of anilines is 3. The van der Waals surface area contributed by atoms with E-state index in [0.717, 1.165) is 11.3 Å². The van der Waals surface area contributed by atoms with E-state index in [9.17, 15) is 9.59 Å². The molecule has 1 aromatic heterocycles. The molecule has 138 valence electrons. The van der Waals surface area contributed by atoms with Gasteiger partial charge in [0.25, 0.3) is 0 Å². The van der Waals surface area contributed by atoms with Gasteiger partial charge in [-0.05, 0) is 31.9 Å². The van der Waals surface area contributed by atoms with Crippen molar-refractivity contribution < 1.29 is 9.59 Å². The molecule has 0 saturated carbocycles. The molecule has 1 aliphatic heterocycles. The molecule has 2 heterocycles. The second-order valence-corrected chi connectivity index (χ2v) is 6.84. The van der Waals surface area contributed by atoms with E-state index in [-0.39, 0.29) is 47.9 Å². The van der Waals surface area contributed by atoms with Gasteiger partial charge < -0.3 is 11.1 Å². The summed E-state index contributed by atoms with van der Waals surface area (Å²) >= 11 is 0. The summed E-state index contributed by atoms with van der Waals surface area (Å²) in [6.45, 7) is 2.00. The quantitative estimate of drug-likeness (QED) is 0.629. The van der Waals surface area contributed by atoms with Gasteiger partial charge in [-0.2, -0.15) is 15.0 Å². The Bertz CT molecular complexity index is 898. The number of carbonyl (C=O) groups is 2. The van der Waals surface area contributed by atoms with Crippen molar-refractivity contribution in [2.75, 3.05) is 11.1 Å². The number of aromatic nitrogens is 3. The first-order valence-electron chi connectivity index (χ1n) is 8.85. The lowest BCUT2D eigenvalue weighted by atomic mass is 9.85. The molecule has 3 N–H and O–H groups in total. The van der Waals surface area contributed by atoms with E-state index in [1.54, 1.807) is 0 Å². The van der Waals surface area contributed by atoms with Crippen LogP contribution in [0.25, 0.3) is 0 Å². The van der Waals surface area contributed by atoms with Crippen LogP contribution in [-0.4, -0.2) is 31.7 Å². The van der Waals surface area contributed by atoms with Crippen molar-refractivity contribution >= 4 is 29.4 Å². The van der Waals surface area contributed by atoms with Gasteiger partial charge in [-0.3, -0.25) is 14.5 Å². The van der Waals surface area contributed by atoms with Crippen molar-refractivity contribution in [1.29, 1.82) is 0 Å². The van der Waals surface area contributed by atoms with Crippen LogP contribution in [0.3, 0.4) is 0 Å². The van der Waals surface area contributed by atoms with Crippen molar-refractivity contribution in [1.82, 2.24) is 19.9 Å². The Balaban J connectivity index is 1.54. The smallest absolute Gasteiger partial charge is 0.233 e. The summed E-state index contributed by atoms with van der Waals surface area (Å²) in [5.74, 6) is -0.279. The maximum absolute atomic E-state index is 12.6. The number of nitrogens with one attached hydrogen (secondary N) is 1. The minimum absolute atomic E-state index is 0.0000352. The highest BCUT2D eigenvalue weighted by atomic mass is 16.2. The molecule has 8 nitrogen and oxygen atoms in total. The lowest BCUT2D eigenvalue weighted by Gasteiger charge is -2.14. The van der Waals surface area contributed by atoms with Crippen molar-refractivity contribution in [2.24, 2.45) is 11.8 Å². The molecule has 1 aromatic carbocycles. The number of fused-ring (bicyclic) bond motifs is 1. The van der Waals surface area contributed by atoms with Gasteiger partial charge in [0.2, 0.25) is 23.7 Å². The average molecular weight is 364 g/mol. The monoisotopic (exact) mass is 364 g/mol. The number of hydrogen-bond acceptors (Lipinski definition) is 7. The number of nitrogens with zero attached hydrogens (tertiary/aromatic N) is 4. The van der Waals surface area contributed by atoms with Gasteiger partial charge in [-0.1, -0.05) is 29.8 Å². The Morgan fingerprint density at radius 2 is 1.67 bits per heavy atom. The normalized spacial score (nSPS) is 21.4. The zero-order chi connectivity index (χ0) is 19.0. The molecule has 2 aliphatic rings. The summed E-state index contributed by atoms with van der Waals surface area (Å²) in [5.41, 5.74) is 7.74. The second-order valence-electron chi connectivity index (χ2n) is 6.84. The predicted molar refractivity (Wildman–Crippen MR) is 99.6 cm³/mol. The Morgan fingerprint density at radius 1 is 1.04 bits per heavy atom. The van der Waals surface area contributed by atoms with Crippen molar-refractivity contribution in [2.45, 2.75) is 26.3 Å². The standard InChI is InChI=1S/C19H20N6O2/c1-11-6-8-12(9-7-11)21-19-23-15(22-18(20)24-19)10-25-16(26)13-4-2-3-5-14(13)17(25)27/h2-3,6-9,13-14H,4-5,10H2,1H3,(H3,20,21,22,23,24)/t13-,14-/m1/s1. The number of benzene rings is 1. The molecular weight excluding hydrogens is 344 g/mol. The Morgan fingerprint density at radius 3 is 2.30 bits per heavy atom. The molecule has 2 amide bonds. The summed E-state index contributed by atoms with van der Waals surface area (Å²) in [5, 5.41) is 3.07. The molecule has 2 aromatic rings. The van der Waals surface area contributed by atoms with Crippen LogP contribution in [0.1, 0.15) is 24.2 Å². The second kappa shape index (κ2) is 6.79. The number of nitrogen functional groups attached to an aromatic ring is 1. The first-order valence-corrected chi connectivity index (χ1v) is 8.85. The Labute approximate surface area is 156 Å². The van der Waals surface area contributed by atoms with E-state index >= 15 is 0 Å². The molecule has 27 heavy (non-hydrogen) atoms. The van der Waals surface area contributed by atoms with E-state index in [2.05, 4.69) is 20.3 Å². The largest absolute Gasteiger partial charge is 0.368 e. The topological polar surface area (TPSA) is 114 Å². The van der Waals surface area contributed by atoms with Gasteiger partial charge in [-0.15, -0.1) is 0 Å². The molecule has 8 heteroatoms. The maximum atomic E-state index is 12.6.